The molecule has 0 saturated carbocycles. The van der Waals surface area contributed by atoms with E-state index < -0.39 is 5.91 Å². The van der Waals surface area contributed by atoms with Gasteiger partial charge < -0.3 is 9.84 Å². The molecular formula is C17H11ClN2O3. The number of aromatic nitrogens is 1. The normalized spacial score (nSPS) is 10.3. The molecule has 2 aromatic carbocycles. The fraction of sp³-hybridized carbons (Fsp3) is 0. The Bertz CT molecular complexity index is 846. The second-order valence-corrected chi connectivity index (χ2v) is 5.15. The summed E-state index contributed by atoms with van der Waals surface area (Å²) < 4.78 is 4.80. The first-order valence-corrected chi connectivity index (χ1v) is 7.14. The standard InChI is InChI=1S/C17H11ClN2O3/c18-12-6-7-14(20-17(22)15-8-9-19-23-15)13(10-12)16(21)11-4-2-1-3-5-11/h1-10H,(H,20,22). The number of nitrogens with zero attached hydrogens (tertiary/aromatic N) is 1. The number of carbonyl (C=O) groups is 2. The van der Waals surface area contributed by atoms with Crippen LogP contribution in [0.3, 0.4) is 0 Å². The van der Waals surface area contributed by atoms with Crippen LogP contribution in [0.5, 0.6) is 0 Å². The molecule has 0 aliphatic heterocycles. The molecular weight excluding hydrogens is 316 g/mol. The lowest BCUT2D eigenvalue weighted by molar-refractivity contribution is 0.0988. The number of carbonyl (C=O) groups excluding carboxylic acids is 2. The summed E-state index contributed by atoms with van der Waals surface area (Å²) in [6, 6.07) is 14.9. The Morgan fingerprint density at radius 2 is 1.83 bits per heavy atom. The summed E-state index contributed by atoms with van der Waals surface area (Å²) in [5.74, 6) is -0.675. The number of halogens is 1. The van der Waals surface area contributed by atoms with Crippen molar-refractivity contribution in [2.45, 2.75) is 0 Å². The predicted molar refractivity (Wildman–Crippen MR) is 85.8 cm³/mol. The van der Waals surface area contributed by atoms with E-state index in [9.17, 15) is 9.59 Å². The minimum atomic E-state index is -0.494. The minimum Gasteiger partial charge on any atom is -0.351 e. The van der Waals surface area contributed by atoms with Crippen LogP contribution in [0.25, 0.3) is 0 Å². The maximum Gasteiger partial charge on any atom is 0.294 e. The molecule has 1 N–H and O–H groups in total. The van der Waals surface area contributed by atoms with Gasteiger partial charge in [0, 0.05) is 22.2 Å². The third-order valence-corrected chi connectivity index (χ3v) is 3.41. The lowest BCUT2D eigenvalue weighted by Gasteiger charge is -2.10. The van der Waals surface area contributed by atoms with Gasteiger partial charge in [0.25, 0.3) is 5.91 Å². The Balaban J connectivity index is 1.95. The molecule has 0 saturated heterocycles. The molecule has 0 unspecified atom stereocenters. The first-order chi connectivity index (χ1) is 11.1. The van der Waals surface area contributed by atoms with Crippen LogP contribution < -0.4 is 5.32 Å². The van der Waals surface area contributed by atoms with Gasteiger partial charge >= 0.3 is 0 Å². The largest absolute Gasteiger partial charge is 0.351 e. The van der Waals surface area contributed by atoms with Crippen LogP contribution in [0.4, 0.5) is 5.69 Å². The fourth-order valence-corrected chi connectivity index (χ4v) is 2.25. The number of hydrogen-bond acceptors (Lipinski definition) is 4. The van der Waals surface area contributed by atoms with Gasteiger partial charge in [0.05, 0.1) is 11.9 Å². The summed E-state index contributed by atoms with van der Waals surface area (Å²) in [7, 11) is 0. The SMILES string of the molecule is O=C(Nc1ccc(Cl)cc1C(=O)c1ccccc1)c1ccno1. The second-order valence-electron chi connectivity index (χ2n) is 4.72. The van der Waals surface area contributed by atoms with E-state index in [0.29, 0.717) is 21.8 Å². The summed E-state index contributed by atoms with van der Waals surface area (Å²) in [6.45, 7) is 0. The topological polar surface area (TPSA) is 72.2 Å². The Morgan fingerprint density at radius 3 is 2.52 bits per heavy atom. The number of amides is 1. The fourth-order valence-electron chi connectivity index (χ4n) is 2.08. The summed E-state index contributed by atoms with van der Waals surface area (Å²) in [5, 5.41) is 6.52. The van der Waals surface area contributed by atoms with Crippen molar-refractivity contribution in [3.05, 3.63) is 82.7 Å². The van der Waals surface area contributed by atoms with Crippen LogP contribution in [0.1, 0.15) is 26.5 Å². The highest BCUT2D eigenvalue weighted by Gasteiger charge is 2.17. The second kappa shape index (κ2) is 6.46. The van der Waals surface area contributed by atoms with Crippen molar-refractivity contribution in [2.75, 3.05) is 5.32 Å². The van der Waals surface area contributed by atoms with Crippen LogP contribution in [0.15, 0.2) is 65.3 Å². The van der Waals surface area contributed by atoms with Crippen LogP contribution in [0, 0.1) is 0 Å². The Labute approximate surface area is 136 Å². The zero-order valence-electron chi connectivity index (χ0n) is 11.8. The molecule has 3 aromatic rings. The summed E-state index contributed by atoms with van der Waals surface area (Å²) in [4.78, 5) is 24.7. The highest BCUT2D eigenvalue weighted by atomic mass is 35.5. The predicted octanol–water partition coefficient (Wildman–Crippen LogP) is 3.81. The van der Waals surface area contributed by atoms with E-state index in [1.165, 1.54) is 18.3 Å². The third-order valence-electron chi connectivity index (χ3n) is 3.17. The van der Waals surface area contributed by atoms with Crippen molar-refractivity contribution < 1.29 is 14.1 Å². The van der Waals surface area contributed by atoms with Gasteiger partial charge in [-0.2, -0.15) is 0 Å². The number of ketones is 1. The van der Waals surface area contributed by atoms with E-state index in [1.54, 1.807) is 36.4 Å². The lowest BCUT2D eigenvalue weighted by Crippen LogP contribution is -2.14. The summed E-state index contributed by atoms with van der Waals surface area (Å²) in [5.41, 5.74) is 1.16. The molecule has 0 aliphatic rings. The average Bonchev–Trinajstić information content (AvgIpc) is 3.11. The lowest BCUT2D eigenvalue weighted by atomic mass is 10.0. The number of nitrogens with one attached hydrogen (secondary N) is 1. The van der Waals surface area contributed by atoms with Crippen molar-refractivity contribution in [3.63, 3.8) is 0 Å². The molecule has 1 heterocycles. The Hall–Kier alpha value is -2.92. The summed E-state index contributed by atoms with van der Waals surface area (Å²) in [6.07, 6.45) is 1.37. The molecule has 1 aromatic heterocycles. The zero-order chi connectivity index (χ0) is 16.2. The molecule has 0 bridgehead atoms. The molecule has 0 aliphatic carbocycles. The van der Waals surface area contributed by atoms with Crippen LogP contribution in [-0.4, -0.2) is 16.8 Å². The molecule has 23 heavy (non-hydrogen) atoms. The van der Waals surface area contributed by atoms with Gasteiger partial charge in [-0.25, -0.2) is 0 Å². The Kier molecular flexibility index (Phi) is 4.21. The van der Waals surface area contributed by atoms with E-state index in [0.717, 1.165) is 0 Å². The summed E-state index contributed by atoms with van der Waals surface area (Å²) >= 11 is 5.99. The minimum absolute atomic E-state index is 0.0538. The van der Waals surface area contributed by atoms with E-state index in [2.05, 4.69) is 10.5 Å². The number of anilines is 1. The third kappa shape index (κ3) is 3.30. The van der Waals surface area contributed by atoms with E-state index >= 15 is 0 Å². The van der Waals surface area contributed by atoms with Crippen molar-refractivity contribution in [3.8, 4) is 0 Å². The zero-order valence-corrected chi connectivity index (χ0v) is 12.6. The van der Waals surface area contributed by atoms with Gasteiger partial charge in [-0.05, 0) is 18.2 Å². The maximum atomic E-state index is 12.6. The van der Waals surface area contributed by atoms with Gasteiger partial charge in [0.2, 0.25) is 5.76 Å². The van der Waals surface area contributed by atoms with Gasteiger partial charge in [0.15, 0.2) is 5.78 Å². The number of rotatable bonds is 4. The maximum absolute atomic E-state index is 12.6. The monoisotopic (exact) mass is 326 g/mol. The number of benzene rings is 2. The van der Waals surface area contributed by atoms with Crippen molar-refractivity contribution in [1.29, 1.82) is 0 Å². The molecule has 0 spiro atoms. The van der Waals surface area contributed by atoms with Gasteiger partial charge in [-0.15, -0.1) is 0 Å². The van der Waals surface area contributed by atoms with Crippen LogP contribution in [0.2, 0.25) is 5.02 Å². The average molecular weight is 327 g/mol. The van der Waals surface area contributed by atoms with Crippen LogP contribution in [-0.2, 0) is 0 Å². The quantitative estimate of drug-likeness (QED) is 0.740. The van der Waals surface area contributed by atoms with E-state index in [1.807, 2.05) is 6.07 Å². The van der Waals surface area contributed by atoms with Crippen molar-refractivity contribution in [1.82, 2.24) is 5.16 Å². The van der Waals surface area contributed by atoms with Gasteiger partial charge in [-0.3, -0.25) is 9.59 Å². The van der Waals surface area contributed by atoms with E-state index in [-0.39, 0.29) is 11.5 Å². The highest BCUT2D eigenvalue weighted by Crippen LogP contribution is 2.24. The number of hydrogen-bond donors (Lipinski definition) is 1. The molecule has 1 amide bonds. The molecule has 0 radical (unpaired) electrons. The first-order valence-electron chi connectivity index (χ1n) is 6.76. The van der Waals surface area contributed by atoms with Gasteiger partial charge in [0.1, 0.15) is 0 Å². The van der Waals surface area contributed by atoms with Gasteiger partial charge in [-0.1, -0.05) is 47.1 Å². The smallest absolute Gasteiger partial charge is 0.294 e. The van der Waals surface area contributed by atoms with Crippen LogP contribution >= 0.6 is 11.6 Å². The molecule has 0 atom stereocenters. The molecule has 6 heteroatoms. The molecule has 0 fully saturated rings. The molecule has 3 rings (SSSR count). The first kappa shape index (κ1) is 15.0. The van der Waals surface area contributed by atoms with Crippen molar-refractivity contribution >= 4 is 29.0 Å². The highest BCUT2D eigenvalue weighted by molar-refractivity contribution is 6.31. The van der Waals surface area contributed by atoms with Crippen molar-refractivity contribution in [2.24, 2.45) is 0 Å². The van der Waals surface area contributed by atoms with E-state index in [4.69, 9.17) is 16.1 Å². The Morgan fingerprint density at radius 1 is 1.04 bits per heavy atom. The molecule has 114 valence electrons. The molecule has 5 nitrogen and oxygen atoms in total.